The summed E-state index contributed by atoms with van der Waals surface area (Å²) < 4.78 is 51.4. The van der Waals surface area contributed by atoms with Crippen molar-refractivity contribution in [2.75, 3.05) is 14.2 Å². The van der Waals surface area contributed by atoms with Gasteiger partial charge < -0.3 is 14.2 Å². The average molecular weight is 369 g/mol. The smallest absolute Gasteiger partial charge is 0.342 e. The van der Waals surface area contributed by atoms with E-state index in [1.165, 1.54) is 44.6 Å². The van der Waals surface area contributed by atoms with Crippen LogP contribution in [0, 0.1) is 5.82 Å². The fourth-order valence-corrected chi connectivity index (χ4v) is 2.59. The van der Waals surface area contributed by atoms with Gasteiger partial charge in [-0.15, -0.1) is 0 Å². The summed E-state index contributed by atoms with van der Waals surface area (Å²) in [6.45, 7) is -0.220. The van der Waals surface area contributed by atoms with Crippen molar-refractivity contribution in [3.8, 4) is 11.5 Å². The molecule has 0 bridgehead atoms. The number of rotatable bonds is 6. The Hall–Kier alpha value is -2.65. The number of benzene rings is 2. The van der Waals surface area contributed by atoms with E-state index in [2.05, 4.69) is 0 Å². The lowest BCUT2D eigenvalue weighted by molar-refractivity contribution is 0.0468. The first-order valence-electron chi connectivity index (χ1n) is 6.96. The molecule has 0 atom stereocenters. The standard InChI is InChI=1S/C16H16FNO6S/c1-22-14-6-4-11(25(18,20)21)8-12(14)16(19)24-9-10-3-5-15(23-2)13(17)7-10/h3-8H,9H2,1-2H3,(H2,18,20,21). The maximum Gasteiger partial charge on any atom is 0.342 e. The quantitative estimate of drug-likeness (QED) is 0.779. The Kier molecular flexibility index (Phi) is 5.60. The molecule has 134 valence electrons. The van der Waals surface area contributed by atoms with Gasteiger partial charge in [-0.2, -0.15) is 0 Å². The highest BCUT2D eigenvalue weighted by Gasteiger charge is 2.18. The monoisotopic (exact) mass is 369 g/mol. The van der Waals surface area contributed by atoms with E-state index in [-0.39, 0.29) is 28.6 Å². The third-order valence-electron chi connectivity index (χ3n) is 3.31. The lowest BCUT2D eigenvalue weighted by Crippen LogP contribution is -2.14. The van der Waals surface area contributed by atoms with Crippen LogP contribution in [0.5, 0.6) is 11.5 Å². The number of carbonyl (C=O) groups is 1. The summed E-state index contributed by atoms with van der Waals surface area (Å²) in [4.78, 5) is 12.0. The number of halogens is 1. The molecule has 0 spiro atoms. The number of esters is 1. The van der Waals surface area contributed by atoms with Crippen LogP contribution in [0.4, 0.5) is 4.39 Å². The number of nitrogens with two attached hydrogens (primary N) is 1. The second-order valence-corrected chi connectivity index (χ2v) is 6.51. The molecule has 0 aliphatic carbocycles. The first-order chi connectivity index (χ1) is 11.8. The van der Waals surface area contributed by atoms with E-state index in [0.29, 0.717) is 5.56 Å². The number of primary sulfonamides is 1. The molecule has 0 aliphatic heterocycles. The zero-order valence-electron chi connectivity index (χ0n) is 13.5. The lowest BCUT2D eigenvalue weighted by atomic mass is 10.2. The zero-order valence-corrected chi connectivity index (χ0v) is 14.3. The molecule has 0 unspecified atom stereocenters. The molecule has 2 rings (SSSR count). The first-order valence-corrected chi connectivity index (χ1v) is 8.51. The van der Waals surface area contributed by atoms with Gasteiger partial charge in [0, 0.05) is 0 Å². The fraction of sp³-hybridized carbons (Fsp3) is 0.188. The van der Waals surface area contributed by atoms with Gasteiger partial charge in [0.1, 0.15) is 17.9 Å². The van der Waals surface area contributed by atoms with Crippen LogP contribution in [-0.2, 0) is 21.4 Å². The molecule has 7 nitrogen and oxygen atoms in total. The minimum atomic E-state index is -3.99. The fourth-order valence-electron chi connectivity index (χ4n) is 2.05. The Morgan fingerprint density at radius 2 is 1.72 bits per heavy atom. The van der Waals surface area contributed by atoms with Gasteiger partial charge >= 0.3 is 5.97 Å². The van der Waals surface area contributed by atoms with E-state index in [4.69, 9.17) is 19.3 Å². The third-order valence-corrected chi connectivity index (χ3v) is 4.22. The van der Waals surface area contributed by atoms with Crippen molar-refractivity contribution in [3.63, 3.8) is 0 Å². The molecule has 0 aromatic heterocycles. The Labute approximate surface area is 144 Å². The van der Waals surface area contributed by atoms with Crippen molar-refractivity contribution in [2.24, 2.45) is 5.14 Å². The Morgan fingerprint density at radius 3 is 2.28 bits per heavy atom. The summed E-state index contributed by atoms with van der Waals surface area (Å²) in [5, 5.41) is 5.05. The van der Waals surface area contributed by atoms with Crippen LogP contribution in [0.2, 0.25) is 0 Å². The highest BCUT2D eigenvalue weighted by Crippen LogP contribution is 2.24. The largest absolute Gasteiger partial charge is 0.496 e. The van der Waals surface area contributed by atoms with Crippen LogP contribution in [0.25, 0.3) is 0 Å². The van der Waals surface area contributed by atoms with Crippen LogP contribution >= 0.6 is 0 Å². The number of carbonyl (C=O) groups excluding carboxylic acids is 1. The third kappa shape index (κ3) is 4.46. The zero-order chi connectivity index (χ0) is 18.6. The van der Waals surface area contributed by atoms with Crippen LogP contribution in [0.1, 0.15) is 15.9 Å². The minimum absolute atomic E-state index is 0.0672. The number of ether oxygens (including phenoxy) is 3. The van der Waals surface area contributed by atoms with Crippen LogP contribution in [0.3, 0.4) is 0 Å². The predicted molar refractivity (Wildman–Crippen MR) is 86.4 cm³/mol. The lowest BCUT2D eigenvalue weighted by Gasteiger charge is -2.11. The molecular formula is C16H16FNO6S. The molecule has 2 aromatic rings. The van der Waals surface area contributed by atoms with E-state index >= 15 is 0 Å². The molecule has 0 amide bonds. The van der Waals surface area contributed by atoms with Crippen molar-refractivity contribution < 1.29 is 31.8 Å². The van der Waals surface area contributed by atoms with Gasteiger partial charge in [0.2, 0.25) is 10.0 Å². The van der Waals surface area contributed by atoms with Crippen molar-refractivity contribution >= 4 is 16.0 Å². The summed E-state index contributed by atoms with van der Waals surface area (Å²) in [6, 6.07) is 7.68. The number of sulfonamides is 1. The molecule has 0 aliphatic rings. The maximum atomic E-state index is 13.6. The summed E-state index contributed by atoms with van der Waals surface area (Å²) >= 11 is 0. The Morgan fingerprint density at radius 1 is 1.08 bits per heavy atom. The van der Waals surface area contributed by atoms with Crippen molar-refractivity contribution in [3.05, 3.63) is 53.3 Å². The van der Waals surface area contributed by atoms with Crippen LogP contribution in [0.15, 0.2) is 41.3 Å². The number of hydrogen-bond acceptors (Lipinski definition) is 6. The molecule has 2 N–H and O–H groups in total. The van der Waals surface area contributed by atoms with Crippen LogP contribution in [-0.4, -0.2) is 28.6 Å². The van der Waals surface area contributed by atoms with Gasteiger partial charge in [0.15, 0.2) is 11.6 Å². The van der Waals surface area contributed by atoms with Crippen LogP contribution < -0.4 is 14.6 Å². The van der Waals surface area contributed by atoms with E-state index in [9.17, 15) is 17.6 Å². The summed E-state index contributed by atoms with van der Waals surface area (Å²) in [5.74, 6) is -1.24. The van der Waals surface area contributed by atoms with E-state index in [1.807, 2.05) is 0 Å². The normalized spacial score (nSPS) is 11.0. The van der Waals surface area contributed by atoms with Gasteiger partial charge in [-0.3, -0.25) is 0 Å². The maximum absolute atomic E-state index is 13.6. The summed E-state index contributed by atoms with van der Waals surface area (Å²) in [6.07, 6.45) is 0. The average Bonchev–Trinajstić information content (AvgIpc) is 2.58. The SMILES string of the molecule is COc1ccc(COC(=O)c2cc(S(N)(=O)=O)ccc2OC)cc1F. The number of hydrogen-bond donors (Lipinski definition) is 1. The minimum Gasteiger partial charge on any atom is -0.496 e. The topological polar surface area (TPSA) is 105 Å². The molecule has 9 heteroatoms. The van der Waals surface area contributed by atoms with Gasteiger partial charge in [-0.25, -0.2) is 22.7 Å². The first kappa shape index (κ1) is 18.7. The van der Waals surface area contributed by atoms with E-state index in [0.717, 1.165) is 6.07 Å². The second kappa shape index (κ2) is 7.49. The van der Waals surface area contributed by atoms with Gasteiger partial charge in [0.05, 0.1) is 19.1 Å². The van der Waals surface area contributed by atoms with Gasteiger partial charge in [-0.05, 0) is 35.9 Å². The molecule has 0 fully saturated rings. The van der Waals surface area contributed by atoms with Crippen molar-refractivity contribution in [1.29, 1.82) is 0 Å². The van der Waals surface area contributed by atoms with Gasteiger partial charge in [0.25, 0.3) is 0 Å². The summed E-state index contributed by atoms with van der Waals surface area (Å²) in [7, 11) is -1.33. The van der Waals surface area contributed by atoms with Crippen molar-refractivity contribution in [2.45, 2.75) is 11.5 Å². The molecule has 0 saturated heterocycles. The molecular weight excluding hydrogens is 353 g/mol. The highest BCUT2D eigenvalue weighted by atomic mass is 32.2. The molecule has 0 radical (unpaired) electrons. The molecule has 0 saturated carbocycles. The van der Waals surface area contributed by atoms with E-state index in [1.54, 1.807) is 0 Å². The van der Waals surface area contributed by atoms with Gasteiger partial charge in [-0.1, -0.05) is 6.07 Å². The second-order valence-electron chi connectivity index (χ2n) is 4.95. The van der Waals surface area contributed by atoms with E-state index < -0.39 is 21.8 Å². The Bertz CT molecular complexity index is 897. The Balaban J connectivity index is 2.21. The number of methoxy groups -OCH3 is 2. The highest BCUT2D eigenvalue weighted by molar-refractivity contribution is 7.89. The van der Waals surface area contributed by atoms with Crippen molar-refractivity contribution in [1.82, 2.24) is 0 Å². The summed E-state index contributed by atoms with van der Waals surface area (Å²) in [5.41, 5.74) is 0.288. The molecule has 0 heterocycles. The predicted octanol–water partition coefficient (Wildman–Crippen LogP) is 1.85. The molecule has 25 heavy (non-hydrogen) atoms. The molecule has 2 aromatic carbocycles.